The molecule has 0 bridgehead atoms. The van der Waals surface area contributed by atoms with Gasteiger partial charge in [-0.2, -0.15) is 0 Å². The molecule has 3 nitrogen and oxygen atoms in total. The zero-order valence-electron chi connectivity index (χ0n) is 9.54. The molecule has 0 spiro atoms. The van der Waals surface area contributed by atoms with Crippen LogP contribution in [0.2, 0.25) is 8.67 Å². The SMILES string of the molecule is CC(C)(CC(=O)O)CC(O)c1cc(Cl)sc1Cl. The molecule has 1 aromatic heterocycles. The van der Waals surface area contributed by atoms with Crippen LogP contribution < -0.4 is 0 Å². The van der Waals surface area contributed by atoms with Gasteiger partial charge in [0.25, 0.3) is 0 Å². The highest BCUT2D eigenvalue weighted by molar-refractivity contribution is 7.20. The van der Waals surface area contributed by atoms with E-state index in [9.17, 15) is 9.90 Å². The van der Waals surface area contributed by atoms with Gasteiger partial charge >= 0.3 is 5.97 Å². The van der Waals surface area contributed by atoms with Crippen LogP contribution in [0.3, 0.4) is 0 Å². The molecule has 0 aromatic carbocycles. The molecule has 1 rings (SSSR count). The predicted molar refractivity (Wildman–Crippen MR) is 69.9 cm³/mol. The molecule has 6 heteroatoms. The summed E-state index contributed by atoms with van der Waals surface area (Å²) in [5.74, 6) is -0.878. The summed E-state index contributed by atoms with van der Waals surface area (Å²) in [5.41, 5.74) is 0.0725. The minimum absolute atomic E-state index is 0.000448. The summed E-state index contributed by atoms with van der Waals surface area (Å²) in [5, 5.41) is 18.8. The van der Waals surface area contributed by atoms with Crippen LogP contribution in [0.5, 0.6) is 0 Å². The lowest BCUT2D eigenvalue weighted by Crippen LogP contribution is -2.20. The molecular weight excluding hydrogens is 283 g/mol. The molecular formula is C11H14Cl2O3S. The standard InChI is InChI=1S/C11H14Cl2O3S/c1-11(2,5-9(15)16)4-7(14)6-3-8(12)17-10(6)13/h3,7,14H,4-5H2,1-2H3,(H,15,16). The van der Waals surface area contributed by atoms with Crippen LogP contribution in [0.15, 0.2) is 6.07 Å². The Labute approximate surface area is 114 Å². The van der Waals surface area contributed by atoms with Gasteiger partial charge in [0.2, 0.25) is 0 Å². The number of aliphatic carboxylic acids is 1. The summed E-state index contributed by atoms with van der Waals surface area (Å²) in [7, 11) is 0. The first-order valence-electron chi connectivity index (χ1n) is 5.06. The average molecular weight is 297 g/mol. The Morgan fingerprint density at radius 1 is 1.53 bits per heavy atom. The van der Waals surface area contributed by atoms with Crippen molar-refractivity contribution in [3.63, 3.8) is 0 Å². The number of aliphatic hydroxyl groups is 1. The van der Waals surface area contributed by atoms with Crippen molar-refractivity contribution in [2.24, 2.45) is 5.41 Å². The number of thiophene rings is 1. The highest BCUT2D eigenvalue weighted by atomic mass is 35.5. The van der Waals surface area contributed by atoms with Crippen molar-refractivity contribution < 1.29 is 15.0 Å². The summed E-state index contributed by atoms with van der Waals surface area (Å²) >= 11 is 12.9. The van der Waals surface area contributed by atoms with Gasteiger partial charge < -0.3 is 10.2 Å². The molecule has 0 saturated carbocycles. The van der Waals surface area contributed by atoms with E-state index in [-0.39, 0.29) is 6.42 Å². The summed E-state index contributed by atoms with van der Waals surface area (Å²) in [4.78, 5) is 10.7. The summed E-state index contributed by atoms with van der Waals surface area (Å²) in [6.45, 7) is 3.60. The van der Waals surface area contributed by atoms with Gasteiger partial charge in [-0.25, -0.2) is 0 Å². The Morgan fingerprint density at radius 2 is 2.12 bits per heavy atom. The molecule has 0 fully saturated rings. The first-order valence-corrected chi connectivity index (χ1v) is 6.63. The van der Waals surface area contributed by atoms with Crippen molar-refractivity contribution in [1.82, 2.24) is 0 Å². The summed E-state index contributed by atoms with van der Waals surface area (Å²) in [6.07, 6.45) is -0.466. The maximum Gasteiger partial charge on any atom is 0.303 e. The van der Waals surface area contributed by atoms with Crippen molar-refractivity contribution in [3.8, 4) is 0 Å². The second kappa shape index (κ2) is 5.57. The van der Waals surface area contributed by atoms with E-state index >= 15 is 0 Å². The highest BCUT2D eigenvalue weighted by Gasteiger charge is 2.27. The van der Waals surface area contributed by atoms with Crippen LogP contribution in [-0.4, -0.2) is 16.2 Å². The number of rotatable bonds is 5. The first kappa shape index (κ1) is 14.8. The van der Waals surface area contributed by atoms with Crippen LogP contribution in [0.4, 0.5) is 0 Å². The number of carboxylic acid groups (broad SMARTS) is 1. The second-order valence-electron chi connectivity index (χ2n) is 4.73. The number of halogens is 2. The third-order valence-corrected chi connectivity index (χ3v) is 3.94. The number of aliphatic hydroxyl groups excluding tert-OH is 1. The lowest BCUT2D eigenvalue weighted by molar-refractivity contribution is -0.139. The minimum atomic E-state index is -0.878. The zero-order valence-corrected chi connectivity index (χ0v) is 11.9. The van der Waals surface area contributed by atoms with Crippen LogP contribution in [0.25, 0.3) is 0 Å². The van der Waals surface area contributed by atoms with Gasteiger partial charge in [0.1, 0.15) is 4.34 Å². The minimum Gasteiger partial charge on any atom is -0.481 e. The van der Waals surface area contributed by atoms with Crippen molar-refractivity contribution in [2.45, 2.75) is 32.8 Å². The van der Waals surface area contributed by atoms with Crippen molar-refractivity contribution in [3.05, 3.63) is 20.3 Å². The van der Waals surface area contributed by atoms with Gasteiger partial charge in [0.15, 0.2) is 0 Å². The normalized spacial score (nSPS) is 13.7. The second-order valence-corrected chi connectivity index (χ2v) is 7.02. The third kappa shape index (κ3) is 4.47. The van der Waals surface area contributed by atoms with E-state index in [1.165, 1.54) is 11.3 Å². The fourth-order valence-corrected chi connectivity index (χ4v) is 3.26. The fourth-order valence-electron chi connectivity index (χ4n) is 1.70. The zero-order chi connectivity index (χ0) is 13.2. The average Bonchev–Trinajstić information content (AvgIpc) is 2.41. The molecule has 1 aromatic rings. The third-order valence-electron chi connectivity index (χ3n) is 2.42. The van der Waals surface area contributed by atoms with E-state index in [1.807, 2.05) is 0 Å². The molecule has 0 aliphatic rings. The summed E-state index contributed by atoms with van der Waals surface area (Å²) in [6, 6.07) is 1.62. The van der Waals surface area contributed by atoms with Crippen LogP contribution in [0.1, 0.15) is 38.4 Å². The van der Waals surface area contributed by atoms with Gasteiger partial charge in [0, 0.05) is 5.56 Å². The molecule has 96 valence electrons. The fraction of sp³-hybridized carbons (Fsp3) is 0.545. The van der Waals surface area contributed by atoms with Gasteiger partial charge in [0.05, 0.1) is 16.9 Å². The van der Waals surface area contributed by atoms with E-state index in [1.54, 1.807) is 19.9 Å². The largest absolute Gasteiger partial charge is 0.481 e. The summed E-state index contributed by atoms with van der Waals surface area (Å²) < 4.78 is 0.966. The molecule has 2 N–H and O–H groups in total. The highest BCUT2D eigenvalue weighted by Crippen LogP contribution is 2.40. The molecule has 1 atom stereocenters. The van der Waals surface area contributed by atoms with Gasteiger partial charge in [-0.3, -0.25) is 4.79 Å². The Hall–Kier alpha value is -0.290. The molecule has 0 amide bonds. The van der Waals surface area contributed by atoms with E-state index < -0.39 is 17.5 Å². The molecule has 0 saturated heterocycles. The molecule has 0 radical (unpaired) electrons. The van der Waals surface area contributed by atoms with Crippen LogP contribution in [0, 0.1) is 5.41 Å². The lowest BCUT2D eigenvalue weighted by atomic mass is 9.82. The van der Waals surface area contributed by atoms with E-state index in [0.717, 1.165) is 0 Å². The first-order chi connectivity index (χ1) is 7.71. The van der Waals surface area contributed by atoms with Gasteiger partial charge in [-0.15, -0.1) is 11.3 Å². The number of hydrogen-bond acceptors (Lipinski definition) is 3. The Morgan fingerprint density at radius 3 is 2.53 bits per heavy atom. The Kier molecular flexibility index (Phi) is 4.84. The van der Waals surface area contributed by atoms with E-state index in [0.29, 0.717) is 20.7 Å². The van der Waals surface area contributed by atoms with Crippen LogP contribution in [-0.2, 0) is 4.79 Å². The van der Waals surface area contributed by atoms with Gasteiger partial charge in [-0.05, 0) is 17.9 Å². The molecule has 1 unspecified atom stereocenters. The van der Waals surface area contributed by atoms with Gasteiger partial charge in [-0.1, -0.05) is 37.0 Å². The lowest BCUT2D eigenvalue weighted by Gasteiger charge is -2.25. The van der Waals surface area contributed by atoms with E-state index in [4.69, 9.17) is 28.3 Å². The maximum absolute atomic E-state index is 10.7. The van der Waals surface area contributed by atoms with E-state index in [2.05, 4.69) is 0 Å². The van der Waals surface area contributed by atoms with Crippen molar-refractivity contribution in [2.75, 3.05) is 0 Å². The smallest absolute Gasteiger partial charge is 0.303 e. The van der Waals surface area contributed by atoms with Crippen molar-refractivity contribution in [1.29, 1.82) is 0 Å². The Bertz CT molecular complexity index is 415. The molecule has 0 aliphatic carbocycles. The molecule has 0 aliphatic heterocycles. The molecule has 1 heterocycles. The van der Waals surface area contributed by atoms with Crippen molar-refractivity contribution >= 4 is 40.5 Å². The Balaban J connectivity index is 2.75. The number of hydrogen-bond donors (Lipinski definition) is 2. The maximum atomic E-state index is 10.7. The topological polar surface area (TPSA) is 57.5 Å². The number of carboxylic acids is 1. The molecule has 17 heavy (non-hydrogen) atoms. The van der Waals surface area contributed by atoms with Crippen LogP contribution >= 0.6 is 34.5 Å². The quantitative estimate of drug-likeness (QED) is 0.864. The monoisotopic (exact) mass is 296 g/mol. The predicted octanol–water partition coefficient (Wildman–Crippen LogP) is 3.98. The number of carbonyl (C=O) groups is 1.